The third-order valence-corrected chi connectivity index (χ3v) is 3.58. The summed E-state index contributed by atoms with van der Waals surface area (Å²) in [5.74, 6) is 2.06. The Kier molecular flexibility index (Phi) is 5.13. The number of aromatic nitrogens is 1. The largest absolute Gasteiger partial charge is 0.463 e. The van der Waals surface area contributed by atoms with Gasteiger partial charge in [0.05, 0.1) is 24.3 Å². The summed E-state index contributed by atoms with van der Waals surface area (Å²) in [7, 11) is 2.08. The summed E-state index contributed by atoms with van der Waals surface area (Å²) >= 11 is 1.63. The van der Waals surface area contributed by atoms with E-state index < -0.39 is 0 Å². The highest BCUT2D eigenvalue weighted by Crippen LogP contribution is 2.16. The molecular weight excluding hydrogens is 258 g/mol. The van der Waals surface area contributed by atoms with Gasteiger partial charge in [0.15, 0.2) is 0 Å². The third-order valence-electron chi connectivity index (χ3n) is 2.95. The number of aryl methyl sites for hydroxylation is 1. The van der Waals surface area contributed by atoms with Gasteiger partial charge in [-0.1, -0.05) is 6.92 Å². The van der Waals surface area contributed by atoms with Crippen molar-refractivity contribution < 1.29 is 4.42 Å². The summed E-state index contributed by atoms with van der Waals surface area (Å²) in [4.78, 5) is 6.51. The minimum Gasteiger partial charge on any atom is -0.463 e. The van der Waals surface area contributed by atoms with E-state index in [0.717, 1.165) is 43.4 Å². The molecule has 0 aliphatic carbocycles. The Bertz CT molecular complexity index is 493. The van der Waals surface area contributed by atoms with Crippen LogP contribution in [0.2, 0.25) is 0 Å². The highest BCUT2D eigenvalue weighted by Gasteiger charge is 2.10. The molecule has 0 amide bonds. The van der Waals surface area contributed by atoms with Crippen LogP contribution in [0.1, 0.15) is 29.7 Å². The Morgan fingerprint density at radius 1 is 1.42 bits per heavy atom. The first-order chi connectivity index (χ1) is 9.19. The van der Waals surface area contributed by atoms with Crippen LogP contribution in [0.4, 0.5) is 0 Å². The second-order valence-corrected chi connectivity index (χ2v) is 5.47. The molecule has 0 aliphatic rings. The summed E-state index contributed by atoms with van der Waals surface area (Å²) in [5.41, 5.74) is 4.20. The van der Waals surface area contributed by atoms with Crippen LogP contribution in [0.25, 0.3) is 0 Å². The molecular formula is C14H21N3OS. The summed E-state index contributed by atoms with van der Waals surface area (Å²) < 4.78 is 5.88. The lowest BCUT2D eigenvalue weighted by atomic mass is 10.2. The molecule has 2 aromatic heterocycles. The zero-order chi connectivity index (χ0) is 13.7. The number of thiazole rings is 1. The van der Waals surface area contributed by atoms with E-state index in [9.17, 15) is 0 Å². The van der Waals surface area contributed by atoms with Crippen molar-refractivity contribution >= 4 is 11.3 Å². The van der Waals surface area contributed by atoms with Crippen LogP contribution in [0.3, 0.4) is 0 Å². The predicted octanol–water partition coefficient (Wildman–Crippen LogP) is 2.79. The fraction of sp³-hybridized carbons (Fsp3) is 0.500. The zero-order valence-electron chi connectivity index (χ0n) is 11.8. The van der Waals surface area contributed by atoms with E-state index >= 15 is 0 Å². The van der Waals surface area contributed by atoms with Gasteiger partial charge in [-0.3, -0.25) is 4.90 Å². The van der Waals surface area contributed by atoms with Crippen molar-refractivity contribution in [1.82, 2.24) is 15.2 Å². The molecule has 104 valence electrons. The van der Waals surface area contributed by atoms with Crippen LogP contribution in [-0.2, 0) is 19.6 Å². The number of nitrogens with one attached hydrogen (secondary N) is 1. The summed E-state index contributed by atoms with van der Waals surface area (Å²) in [6.07, 6.45) is 0. The first-order valence-electron chi connectivity index (χ1n) is 6.53. The third kappa shape index (κ3) is 4.16. The summed E-state index contributed by atoms with van der Waals surface area (Å²) in [6, 6.07) is 2.13. The van der Waals surface area contributed by atoms with Crippen LogP contribution in [-0.4, -0.2) is 23.5 Å². The van der Waals surface area contributed by atoms with E-state index in [0.29, 0.717) is 0 Å². The van der Waals surface area contributed by atoms with E-state index in [2.05, 4.69) is 47.5 Å². The normalized spacial score (nSPS) is 11.4. The van der Waals surface area contributed by atoms with E-state index in [1.165, 1.54) is 5.56 Å². The highest BCUT2D eigenvalue weighted by atomic mass is 32.1. The second-order valence-electron chi connectivity index (χ2n) is 4.75. The zero-order valence-corrected chi connectivity index (χ0v) is 12.6. The van der Waals surface area contributed by atoms with Crippen molar-refractivity contribution in [2.75, 3.05) is 13.6 Å². The topological polar surface area (TPSA) is 41.3 Å². The van der Waals surface area contributed by atoms with Gasteiger partial charge in [-0.05, 0) is 32.1 Å². The van der Waals surface area contributed by atoms with Gasteiger partial charge in [-0.25, -0.2) is 4.98 Å². The molecule has 5 heteroatoms. The van der Waals surface area contributed by atoms with Gasteiger partial charge in [-0.2, -0.15) is 0 Å². The SMILES string of the molecule is CCNCc1oc(CN(C)Cc2cscn2)cc1C. The van der Waals surface area contributed by atoms with E-state index in [1.54, 1.807) is 11.3 Å². The number of furan rings is 1. The molecule has 0 saturated heterocycles. The van der Waals surface area contributed by atoms with Crippen LogP contribution in [0.5, 0.6) is 0 Å². The molecule has 0 bridgehead atoms. The van der Waals surface area contributed by atoms with Gasteiger partial charge < -0.3 is 9.73 Å². The monoisotopic (exact) mass is 279 g/mol. The summed E-state index contributed by atoms with van der Waals surface area (Å²) in [5, 5.41) is 5.38. The molecule has 19 heavy (non-hydrogen) atoms. The molecule has 2 rings (SSSR count). The second kappa shape index (κ2) is 6.84. The van der Waals surface area contributed by atoms with Crippen molar-refractivity contribution in [2.45, 2.75) is 33.5 Å². The maximum absolute atomic E-state index is 5.88. The van der Waals surface area contributed by atoms with Crippen molar-refractivity contribution in [3.8, 4) is 0 Å². The molecule has 0 unspecified atom stereocenters. The molecule has 0 atom stereocenters. The van der Waals surface area contributed by atoms with Gasteiger partial charge in [-0.15, -0.1) is 11.3 Å². The molecule has 0 saturated carbocycles. The van der Waals surface area contributed by atoms with Crippen LogP contribution in [0.15, 0.2) is 21.4 Å². The fourth-order valence-corrected chi connectivity index (χ4v) is 2.55. The Hall–Kier alpha value is -1.17. The Labute approximate surface area is 118 Å². The molecule has 0 aromatic carbocycles. The smallest absolute Gasteiger partial charge is 0.120 e. The van der Waals surface area contributed by atoms with E-state index in [-0.39, 0.29) is 0 Å². The number of nitrogens with zero attached hydrogens (tertiary/aromatic N) is 2. The Balaban J connectivity index is 1.91. The molecule has 0 aliphatic heterocycles. The quantitative estimate of drug-likeness (QED) is 0.846. The van der Waals surface area contributed by atoms with Crippen molar-refractivity contribution in [3.63, 3.8) is 0 Å². The van der Waals surface area contributed by atoms with Crippen molar-refractivity contribution in [2.24, 2.45) is 0 Å². The average Bonchev–Trinajstić information content (AvgIpc) is 2.97. The molecule has 0 fully saturated rings. The van der Waals surface area contributed by atoms with Crippen LogP contribution in [0, 0.1) is 6.92 Å². The van der Waals surface area contributed by atoms with E-state index in [4.69, 9.17) is 4.42 Å². The first-order valence-corrected chi connectivity index (χ1v) is 7.47. The summed E-state index contributed by atoms with van der Waals surface area (Å²) in [6.45, 7) is 7.62. The molecule has 2 aromatic rings. The number of rotatable bonds is 7. The van der Waals surface area contributed by atoms with Gasteiger partial charge in [0, 0.05) is 11.9 Å². The molecule has 1 N–H and O–H groups in total. The Morgan fingerprint density at radius 2 is 2.26 bits per heavy atom. The van der Waals surface area contributed by atoms with Crippen molar-refractivity contribution in [3.05, 3.63) is 39.7 Å². The van der Waals surface area contributed by atoms with Gasteiger partial charge in [0.25, 0.3) is 0 Å². The van der Waals surface area contributed by atoms with Crippen LogP contribution >= 0.6 is 11.3 Å². The average molecular weight is 279 g/mol. The maximum atomic E-state index is 5.88. The lowest BCUT2D eigenvalue weighted by Crippen LogP contribution is -2.17. The highest BCUT2D eigenvalue weighted by molar-refractivity contribution is 7.07. The first kappa shape index (κ1) is 14.2. The van der Waals surface area contributed by atoms with E-state index in [1.807, 2.05) is 5.51 Å². The minimum atomic E-state index is 0.804. The lowest BCUT2D eigenvalue weighted by Gasteiger charge is -2.13. The molecule has 4 nitrogen and oxygen atoms in total. The standard InChI is InChI=1S/C14H21N3OS/c1-4-15-6-14-11(2)5-13(18-14)8-17(3)7-12-9-19-10-16-12/h5,9-10,15H,4,6-8H2,1-3H3. The maximum Gasteiger partial charge on any atom is 0.120 e. The van der Waals surface area contributed by atoms with Gasteiger partial charge >= 0.3 is 0 Å². The lowest BCUT2D eigenvalue weighted by molar-refractivity contribution is 0.280. The van der Waals surface area contributed by atoms with Crippen molar-refractivity contribution in [1.29, 1.82) is 0 Å². The van der Waals surface area contributed by atoms with Gasteiger partial charge in [0.1, 0.15) is 11.5 Å². The fourth-order valence-electron chi connectivity index (χ4n) is 2.00. The molecule has 0 spiro atoms. The van der Waals surface area contributed by atoms with Crippen LogP contribution < -0.4 is 5.32 Å². The Morgan fingerprint density at radius 3 is 2.95 bits per heavy atom. The molecule has 2 heterocycles. The minimum absolute atomic E-state index is 0.804. The molecule has 0 radical (unpaired) electrons. The predicted molar refractivity (Wildman–Crippen MR) is 78.1 cm³/mol. The number of hydrogen-bond acceptors (Lipinski definition) is 5. The number of hydrogen-bond donors (Lipinski definition) is 1. The van der Waals surface area contributed by atoms with Gasteiger partial charge in [0.2, 0.25) is 0 Å².